The average molecular weight is 484 g/mol. The van der Waals surface area contributed by atoms with Gasteiger partial charge in [0.1, 0.15) is 5.82 Å². The first kappa shape index (κ1) is 29.4. The predicted octanol–water partition coefficient (Wildman–Crippen LogP) is 5.26. The summed E-state index contributed by atoms with van der Waals surface area (Å²) in [7, 11) is 0. The van der Waals surface area contributed by atoms with Crippen molar-refractivity contribution in [1.29, 1.82) is 0 Å². The molecule has 0 bridgehead atoms. The highest BCUT2D eigenvalue weighted by molar-refractivity contribution is 8.06. The van der Waals surface area contributed by atoms with Gasteiger partial charge in [0.25, 0.3) is 0 Å². The maximum absolute atomic E-state index is 8.92. The summed E-state index contributed by atoms with van der Waals surface area (Å²) in [6.45, 7) is 15.7. The van der Waals surface area contributed by atoms with Gasteiger partial charge in [-0.05, 0) is 57.5 Å². The van der Waals surface area contributed by atoms with Crippen LogP contribution in [0, 0.1) is 0 Å². The fourth-order valence-corrected chi connectivity index (χ4v) is 3.78. The van der Waals surface area contributed by atoms with Crippen LogP contribution in [0.5, 0.6) is 0 Å². The Balaban J connectivity index is 2.99. The van der Waals surface area contributed by atoms with Crippen molar-refractivity contribution >= 4 is 24.2 Å². The Hall–Kier alpha value is -2.61. The molecule has 1 aromatic carbocycles. The Labute approximate surface area is 209 Å². The Morgan fingerprint density at radius 3 is 2.50 bits per heavy atom. The van der Waals surface area contributed by atoms with E-state index >= 15 is 0 Å². The van der Waals surface area contributed by atoms with Crippen LogP contribution in [-0.2, 0) is 6.42 Å². The van der Waals surface area contributed by atoms with Gasteiger partial charge < -0.3 is 16.2 Å². The molecule has 0 aliphatic carbocycles. The van der Waals surface area contributed by atoms with Gasteiger partial charge in [-0.25, -0.2) is 4.99 Å². The fourth-order valence-electron chi connectivity index (χ4n) is 2.82. The molecule has 0 fully saturated rings. The van der Waals surface area contributed by atoms with Crippen molar-refractivity contribution in [3.63, 3.8) is 0 Å². The predicted molar refractivity (Wildman–Crippen MR) is 150 cm³/mol. The van der Waals surface area contributed by atoms with E-state index in [-0.39, 0.29) is 6.61 Å². The highest BCUT2D eigenvalue weighted by atomic mass is 32.2. The van der Waals surface area contributed by atoms with E-state index in [4.69, 9.17) is 15.8 Å². The van der Waals surface area contributed by atoms with E-state index in [1.54, 1.807) is 0 Å². The summed E-state index contributed by atoms with van der Waals surface area (Å²) in [6.07, 6.45) is 8.13. The highest BCUT2D eigenvalue weighted by Crippen LogP contribution is 2.28. The largest absolute Gasteiger partial charge is 0.401 e. The number of rotatable bonds is 17. The first-order valence-electron chi connectivity index (χ1n) is 11.8. The van der Waals surface area contributed by atoms with Crippen LogP contribution in [0.1, 0.15) is 52.0 Å². The number of thioether (sulfide) groups is 1. The molecular formula is C27H41N5OS. The molecule has 186 valence electrons. The molecule has 0 amide bonds. The third-order valence-electron chi connectivity index (χ3n) is 4.99. The van der Waals surface area contributed by atoms with Gasteiger partial charge in [-0.2, -0.15) is 0 Å². The molecule has 0 aliphatic heterocycles. The van der Waals surface area contributed by atoms with Crippen LogP contribution in [0.4, 0.5) is 0 Å². The maximum atomic E-state index is 8.92. The molecule has 0 radical (unpaired) electrons. The zero-order chi connectivity index (χ0) is 25.2. The lowest BCUT2D eigenvalue weighted by molar-refractivity contribution is 0.284. The van der Waals surface area contributed by atoms with E-state index in [1.807, 2.05) is 31.2 Å². The lowest BCUT2D eigenvalue weighted by Gasteiger charge is -2.13. The number of hydrogen-bond acceptors (Lipinski definition) is 7. The van der Waals surface area contributed by atoms with Gasteiger partial charge in [-0.15, -0.1) is 0 Å². The molecule has 1 rings (SSSR count). The van der Waals surface area contributed by atoms with E-state index < -0.39 is 0 Å². The number of aliphatic hydroxyl groups is 1. The maximum Gasteiger partial charge on any atom is 0.131 e. The Morgan fingerprint density at radius 2 is 1.88 bits per heavy atom. The van der Waals surface area contributed by atoms with Gasteiger partial charge in [0.15, 0.2) is 0 Å². The summed E-state index contributed by atoms with van der Waals surface area (Å²) in [6, 6.07) is 10.2. The minimum atomic E-state index is 0.212. The lowest BCUT2D eigenvalue weighted by atomic mass is 10.1. The van der Waals surface area contributed by atoms with Gasteiger partial charge in [-0.3, -0.25) is 10.3 Å². The first-order chi connectivity index (χ1) is 16.4. The molecule has 0 aliphatic rings. The molecule has 1 aromatic rings. The van der Waals surface area contributed by atoms with Crippen molar-refractivity contribution in [1.82, 2.24) is 10.6 Å². The van der Waals surface area contributed by atoms with E-state index in [0.29, 0.717) is 23.9 Å². The molecule has 0 unspecified atom stereocenters. The summed E-state index contributed by atoms with van der Waals surface area (Å²) >= 11 is 1.50. The Morgan fingerprint density at radius 1 is 1.15 bits per heavy atom. The van der Waals surface area contributed by atoms with Crippen LogP contribution >= 0.6 is 11.8 Å². The zero-order valence-corrected chi connectivity index (χ0v) is 21.8. The van der Waals surface area contributed by atoms with Gasteiger partial charge in [0, 0.05) is 35.4 Å². The van der Waals surface area contributed by atoms with Gasteiger partial charge in [-0.1, -0.05) is 68.1 Å². The number of nitrogens with one attached hydrogen (secondary N) is 2. The number of aliphatic hydroxyl groups excluding tert-OH is 1. The third kappa shape index (κ3) is 12.6. The minimum absolute atomic E-state index is 0.212. The summed E-state index contributed by atoms with van der Waals surface area (Å²) < 4.78 is 0. The van der Waals surface area contributed by atoms with Crippen molar-refractivity contribution in [3.05, 3.63) is 81.7 Å². The molecule has 0 heterocycles. The van der Waals surface area contributed by atoms with Crippen LogP contribution in [0.2, 0.25) is 0 Å². The molecule has 34 heavy (non-hydrogen) atoms. The van der Waals surface area contributed by atoms with E-state index in [2.05, 4.69) is 61.0 Å². The van der Waals surface area contributed by atoms with Crippen molar-refractivity contribution in [2.75, 3.05) is 19.8 Å². The molecule has 7 heteroatoms. The standard InChI is InChI=1S/C27H41N5OS/c1-6-21(3)17-26(25(28)7-2)34-22(4)32-27(29-5)19-24(18-23-13-9-8-10-14-23)31-20-30-15-11-12-16-33/h8-10,13-14,17,19,30,32-33H,4-7,11-12,15-16,18,20,28H2,1-3H3/b21-17+,26-25-,27-19+,31-24-. The van der Waals surface area contributed by atoms with Crippen molar-refractivity contribution in [3.8, 4) is 0 Å². The first-order valence-corrected chi connectivity index (χ1v) is 12.6. The molecule has 6 nitrogen and oxygen atoms in total. The van der Waals surface area contributed by atoms with Crippen LogP contribution in [0.3, 0.4) is 0 Å². The molecular weight excluding hydrogens is 442 g/mol. The summed E-state index contributed by atoms with van der Waals surface area (Å²) in [5.41, 5.74) is 10.4. The second kappa shape index (κ2) is 17.8. The molecule has 0 aromatic heterocycles. The lowest BCUT2D eigenvalue weighted by Crippen LogP contribution is -2.18. The zero-order valence-electron chi connectivity index (χ0n) is 20.9. The van der Waals surface area contributed by atoms with Crippen LogP contribution in [0.15, 0.2) is 86.1 Å². The highest BCUT2D eigenvalue weighted by Gasteiger charge is 2.07. The number of aliphatic imine (C=N–C) groups is 2. The monoisotopic (exact) mass is 483 g/mol. The van der Waals surface area contributed by atoms with E-state index in [1.165, 1.54) is 17.3 Å². The van der Waals surface area contributed by atoms with Crippen LogP contribution in [0.25, 0.3) is 0 Å². The quantitative estimate of drug-likeness (QED) is 0.138. The molecule has 0 saturated heterocycles. The smallest absolute Gasteiger partial charge is 0.131 e. The van der Waals surface area contributed by atoms with Crippen molar-refractivity contribution in [2.24, 2.45) is 15.7 Å². The number of nitrogens with two attached hydrogens (primary N) is 1. The van der Waals surface area contributed by atoms with Crippen molar-refractivity contribution < 1.29 is 5.11 Å². The number of unbranched alkanes of at least 4 members (excludes halogenated alkanes) is 1. The normalized spacial score (nSPS) is 13.5. The third-order valence-corrected chi connectivity index (χ3v) is 5.94. The number of nitrogens with zero attached hydrogens (tertiary/aromatic N) is 2. The van der Waals surface area contributed by atoms with Gasteiger partial charge in [0.2, 0.25) is 0 Å². The van der Waals surface area contributed by atoms with Gasteiger partial charge >= 0.3 is 0 Å². The second-order valence-corrected chi connectivity index (χ2v) is 8.96. The second-order valence-electron chi connectivity index (χ2n) is 7.83. The van der Waals surface area contributed by atoms with E-state index in [0.717, 1.165) is 54.1 Å². The van der Waals surface area contributed by atoms with Gasteiger partial charge in [0.05, 0.1) is 11.7 Å². The Bertz CT molecular complexity index is 888. The summed E-state index contributed by atoms with van der Waals surface area (Å²) in [5, 5.41) is 16.2. The number of benzene rings is 1. The minimum Gasteiger partial charge on any atom is -0.401 e. The topological polar surface area (TPSA) is 95.0 Å². The molecule has 0 spiro atoms. The van der Waals surface area contributed by atoms with Crippen LogP contribution in [-0.4, -0.2) is 37.4 Å². The molecule has 5 N–H and O–H groups in total. The fraction of sp³-hybridized carbons (Fsp3) is 0.407. The van der Waals surface area contributed by atoms with Crippen molar-refractivity contribution in [2.45, 2.75) is 52.9 Å². The molecule has 0 saturated carbocycles. The molecule has 0 atom stereocenters. The SMILES string of the molecule is C=N/C(=C\C(Cc1ccccc1)=N/CNCCCCO)NC(=C)SC(/C=C(\C)CC)=C(\N)CC. The van der Waals surface area contributed by atoms with Crippen LogP contribution < -0.4 is 16.4 Å². The van der Waals surface area contributed by atoms with E-state index in [9.17, 15) is 0 Å². The average Bonchev–Trinajstić information content (AvgIpc) is 2.85. The Kier molecular flexibility index (Phi) is 15.4. The number of allylic oxidation sites excluding steroid dienone is 4. The summed E-state index contributed by atoms with van der Waals surface area (Å²) in [5.74, 6) is 0.582. The summed E-state index contributed by atoms with van der Waals surface area (Å²) in [4.78, 5) is 9.88. The number of hydrogen-bond donors (Lipinski definition) is 4.